The maximum atomic E-state index is 12.9. The fraction of sp³-hybridized carbons (Fsp3) is 0.208. The summed E-state index contributed by atoms with van der Waals surface area (Å²) in [6.07, 6.45) is 2.93. The Kier molecular flexibility index (Phi) is 6.57. The van der Waals surface area contributed by atoms with Crippen LogP contribution in [0.2, 0.25) is 0 Å². The van der Waals surface area contributed by atoms with E-state index in [9.17, 15) is 14.0 Å². The summed E-state index contributed by atoms with van der Waals surface area (Å²) >= 11 is 0. The summed E-state index contributed by atoms with van der Waals surface area (Å²) in [5.74, 6) is -1.45. The number of Topliss-reactive ketones (excluding diaryl/α,β-unsaturated/α-hetero) is 1. The Balaban J connectivity index is 1.61. The van der Waals surface area contributed by atoms with E-state index in [0.717, 1.165) is 22.5 Å². The number of hydrogen-bond acceptors (Lipinski definition) is 4. The highest BCUT2D eigenvalue weighted by molar-refractivity contribution is 5.98. The van der Waals surface area contributed by atoms with Gasteiger partial charge in [0, 0.05) is 22.9 Å². The average Bonchev–Trinajstić information content (AvgIpc) is 2.99. The lowest BCUT2D eigenvalue weighted by Crippen LogP contribution is -2.12. The van der Waals surface area contributed by atoms with Crippen molar-refractivity contribution < 1.29 is 18.7 Å². The number of aryl methyl sites for hydroxylation is 2. The molecule has 3 aromatic rings. The van der Waals surface area contributed by atoms with Crippen molar-refractivity contribution in [2.75, 3.05) is 6.61 Å². The zero-order chi connectivity index (χ0) is 21.7. The van der Waals surface area contributed by atoms with Gasteiger partial charge in [0.05, 0.1) is 12.2 Å². The van der Waals surface area contributed by atoms with Crippen molar-refractivity contribution in [1.82, 2.24) is 9.78 Å². The van der Waals surface area contributed by atoms with Crippen LogP contribution in [0.25, 0.3) is 6.08 Å². The summed E-state index contributed by atoms with van der Waals surface area (Å²) in [4.78, 5) is 24.0. The van der Waals surface area contributed by atoms with Crippen molar-refractivity contribution in [3.63, 3.8) is 0 Å². The van der Waals surface area contributed by atoms with Gasteiger partial charge in [0.1, 0.15) is 5.82 Å². The maximum absolute atomic E-state index is 12.9. The second-order valence-corrected chi connectivity index (χ2v) is 7.10. The average molecular weight is 406 g/mol. The van der Waals surface area contributed by atoms with Crippen LogP contribution in [0.5, 0.6) is 0 Å². The molecule has 6 heteroatoms. The van der Waals surface area contributed by atoms with E-state index in [1.807, 2.05) is 25.5 Å². The van der Waals surface area contributed by atoms with Crippen molar-refractivity contribution in [1.29, 1.82) is 0 Å². The summed E-state index contributed by atoms with van der Waals surface area (Å²) in [7, 11) is 0. The summed E-state index contributed by atoms with van der Waals surface area (Å²) in [5, 5.41) is 4.56. The lowest BCUT2D eigenvalue weighted by atomic mass is 10.1. The van der Waals surface area contributed by atoms with Crippen molar-refractivity contribution >= 4 is 17.8 Å². The molecule has 0 aliphatic heterocycles. The highest BCUT2D eigenvalue weighted by Crippen LogP contribution is 2.17. The molecule has 5 nitrogen and oxygen atoms in total. The van der Waals surface area contributed by atoms with Gasteiger partial charge in [0.15, 0.2) is 12.4 Å². The van der Waals surface area contributed by atoms with Crippen LogP contribution in [0.1, 0.15) is 38.4 Å². The molecule has 30 heavy (non-hydrogen) atoms. The summed E-state index contributed by atoms with van der Waals surface area (Å²) in [6.45, 7) is 6.10. The predicted octanol–water partition coefficient (Wildman–Crippen LogP) is 4.44. The molecule has 0 aliphatic carbocycles. The number of carbonyl (C=O) groups is 2. The molecule has 0 spiro atoms. The van der Waals surface area contributed by atoms with E-state index in [4.69, 9.17) is 4.74 Å². The number of hydrogen-bond donors (Lipinski definition) is 0. The Morgan fingerprint density at radius 1 is 1.03 bits per heavy atom. The highest BCUT2D eigenvalue weighted by atomic mass is 19.1. The number of halogens is 1. The minimum Gasteiger partial charge on any atom is -0.454 e. The Morgan fingerprint density at radius 3 is 2.37 bits per heavy atom. The Hall–Kier alpha value is -3.54. The molecular formula is C24H23FN2O3. The quantitative estimate of drug-likeness (QED) is 0.331. The van der Waals surface area contributed by atoms with Crippen LogP contribution in [0.3, 0.4) is 0 Å². The van der Waals surface area contributed by atoms with Gasteiger partial charge in [0.2, 0.25) is 0 Å². The first-order valence-corrected chi connectivity index (χ1v) is 9.56. The molecule has 0 amide bonds. The van der Waals surface area contributed by atoms with Crippen LogP contribution in [0, 0.1) is 26.6 Å². The standard InChI is InChI=1S/C24H23FN2O3/c1-16-4-6-19(7-5-16)14-27-18(3)22(17(2)26-27)12-13-24(29)30-15-23(28)20-8-10-21(25)11-9-20/h4-13H,14-15H2,1-3H3/b13-12+. The molecule has 0 atom stereocenters. The second kappa shape index (κ2) is 9.31. The van der Waals surface area contributed by atoms with Gasteiger partial charge in [-0.25, -0.2) is 9.18 Å². The molecule has 0 unspecified atom stereocenters. The topological polar surface area (TPSA) is 61.2 Å². The highest BCUT2D eigenvalue weighted by Gasteiger charge is 2.12. The number of ether oxygens (including phenoxy) is 1. The minimum absolute atomic E-state index is 0.289. The van der Waals surface area contributed by atoms with E-state index in [1.54, 1.807) is 6.08 Å². The third-order valence-electron chi connectivity index (χ3n) is 4.79. The zero-order valence-electron chi connectivity index (χ0n) is 17.2. The number of esters is 1. The molecule has 0 fully saturated rings. The molecule has 2 aromatic carbocycles. The van der Waals surface area contributed by atoms with Crippen LogP contribution < -0.4 is 0 Å². The van der Waals surface area contributed by atoms with E-state index in [-0.39, 0.29) is 5.56 Å². The van der Waals surface area contributed by atoms with E-state index in [1.165, 1.54) is 35.9 Å². The number of aromatic nitrogens is 2. The molecule has 0 saturated heterocycles. The molecule has 1 aromatic heterocycles. The van der Waals surface area contributed by atoms with E-state index in [0.29, 0.717) is 6.54 Å². The van der Waals surface area contributed by atoms with Gasteiger partial charge >= 0.3 is 5.97 Å². The first-order chi connectivity index (χ1) is 14.3. The molecule has 0 bridgehead atoms. The Labute approximate surface area is 174 Å². The fourth-order valence-corrected chi connectivity index (χ4v) is 3.03. The number of benzene rings is 2. The summed E-state index contributed by atoms with van der Waals surface area (Å²) in [6, 6.07) is 13.3. The van der Waals surface area contributed by atoms with Crippen LogP contribution in [-0.2, 0) is 16.1 Å². The van der Waals surface area contributed by atoms with E-state index >= 15 is 0 Å². The van der Waals surface area contributed by atoms with Crippen molar-refractivity contribution in [3.05, 3.63) is 94.1 Å². The van der Waals surface area contributed by atoms with E-state index in [2.05, 4.69) is 29.4 Å². The van der Waals surface area contributed by atoms with Crippen molar-refractivity contribution in [2.24, 2.45) is 0 Å². The third-order valence-corrected chi connectivity index (χ3v) is 4.79. The first-order valence-electron chi connectivity index (χ1n) is 9.56. The maximum Gasteiger partial charge on any atom is 0.331 e. The van der Waals surface area contributed by atoms with Crippen LogP contribution in [0.4, 0.5) is 4.39 Å². The summed E-state index contributed by atoms with van der Waals surface area (Å²) < 4.78 is 19.8. The molecular weight excluding hydrogens is 383 g/mol. The zero-order valence-corrected chi connectivity index (χ0v) is 17.2. The van der Waals surface area contributed by atoms with Gasteiger partial charge in [-0.3, -0.25) is 9.48 Å². The largest absolute Gasteiger partial charge is 0.454 e. The minimum atomic E-state index is -0.629. The first kappa shape index (κ1) is 21.2. The molecule has 154 valence electrons. The van der Waals surface area contributed by atoms with Gasteiger partial charge in [-0.1, -0.05) is 29.8 Å². The van der Waals surface area contributed by atoms with Gasteiger partial charge in [-0.15, -0.1) is 0 Å². The number of carbonyl (C=O) groups excluding carboxylic acids is 2. The van der Waals surface area contributed by atoms with Crippen LogP contribution in [0.15, 0.2) is 54.6 Å². The predicted molar refractivity (Wildman–Crippen MR) is 113 cm³/mol. The van der Waals surface area contributed by atoms with Gasteiger partial charge in [0.25, 0.3) is 0 Å². The molecule has 3 rings (SSSR count). The fourth-order valence-electron chi connectivity index (χ4n) is 3.03. The van der Waals surface area contributed by atoms with Crippen molar-refractivity contribution in [3.8, 4) is 0 Å². The van der Waals surface area contributed by atoms with Crippen LogP contribution in [-0.4, -0.2) is 28.1 Å². The molecule has 1 heterocycles. The smallest absolute Gasteiger partial charge is 0.331 e. The molecule has 0 radical (unpaired) electrons. The van der Waals surface area contributed by atoms with Gasteiger partial charge < -0.3 is 4.74 Å². The second-order valence-electron chi connectivity index (χ2n) is 7.10. The van der Waals surface area contributed by atoms with Crippen LogP contribution >= 0.6 is 0 Å². The van der Waals surface area contributed by atoms with Gasteiger partial charge in [-0.2, -0.15) is 5.10 Å². The number of nitrogens with zero attached hydrogens (tertiary/aromatic N) is 2. The number of ketones is 1. The lowest BCUT2D eigenvalue weighted by Gasteiger charge is -2.05. The Bertz CT molecular complexity index is 1080. The number of rotatable bonds is 7. The molecule has 0 saturated carbocycles. The normalized spacial score (nSPS) is 11.1. The monoisotopic (exact) mass is 406 g/mol. The van der Waals surface area contributed by atoms with Gasteiger partial charge in [-0.05, 0) is 56.7 Å². The summed E-state index contributed by atoms with van der Waals surface area (Å²) in [5.41, 5.74) is 5.19. The van der Waals surface area contributed by atoms with E-state index < -0.39 is 24.2 Å². The van der Waals surface area contributed by atoms with Crippen molar-refractivity contribution in [2.45, 2.75) is 27.3 Å². The lowest BCUT2D eigenvalue weighted by molar-refractivity contribution is -0.136. The Morgan fingerprint density at radius 2 is 1.70 bits per heavy atom. The molecule has 0 aliphatic rings. The SMILES string of the molecule is Cc1ccc(Cn2nc(C)c(/C=C/C(=O)OCC(=O)c3ccc(F)cc3)c2C)cc1. The third kappa shape index (κ3) is 5.29. The molecule has 0 N–H and O–H groups in total.